The van der Waals surface area contributed by atoms with Gasteiger partial charge in [0.2, 0.25) is 11.8 Å². The number of nitrogens with one attached hydrogen (secondary N) is 1. The molecule has 46 heavy (non-hydrogen) atoms. The first-order valence-electron chi connectivity index (χ1n) is 15.6. The summed E-state index contributed by atoms with van der Waals surface area (Å²) in [7, 11) is -4.20. The molecule has 1 N–H and O–H groups in total. The van der Waals surface area contributed by atoms with Crippen molar-refractivity contribution in [3.8, 4) is 5.75 Å². The molecule has 4 aromatic carbocycles. The van der Waals surface area contributed by atoms with E-state index in [0.717, 1.165) is 33.0 Å². The lowest BCUT2D eigenvalue weighted by atomic mass is 10.0. The fourth-order valence-electron chi connectivity index (χ4n) is 5.17. The number of carbonyl (C=O) groups excluding carboxylic acids is 2. The Labute approximate surface area is 273 Å². The van der Waals surface area contributed by atoms with Gasteiger partial charge in [0.05, 0.1) is 17.2 Å². The van der Waals surface area contributed by atoms with Gasteiger partial charge in [-0.2, -0.15) is 0 Å². The Morgan fingerprint density at radius 1 is 0.804 bits per heavy atom. The summed E-state index contributed by atoms with van der Waals surface area (Å²) in [5, 5.41) is 2.97. The Kier molecular flexibility index (Phi) is 12.0. The highest BCUT2D eigenvalue weighted by Gasteiger charge is 2.34. The van der Waals surface area contributed by atoms with Gasteiger partial charge in [0, 0.05) is 19.5 Å². The van der Waals surface area contributed by atoms with Crippen molar-refractivity contribution in [2.45, 2.75) is 58.0 Å². The number of hydrogen-bond donors (Lipinski definition) is 1. The minimum Gasteiger partial charge on any atom is -0.494 e. The van der Waals surface area contributed by atoms with Gasteiger partial charge in [0.1, 0.15) is 18.3 Å². The van der Waals surface area contributed by atoms with Crippen LogP contribution in [0.15, 0.2) is 108 Å². The molecule has 9 heteroatoms. The summed E-state index contributed by atoms with van der Waals surface area (Å²) in [5.41, 5.74) is 4.03. The van der Waals surface area contributed by atoms with Crippen molar-refractivity contribution in [3.05, 3.63) is 125 Å². The molecule has 0 saturated carbocycles. The third-order valence-electron chi connectivity index (χ3n) is 7.58. The van der Waals surface area contributed by atoms with E-state index in [1.54, 1.807) is 36.4 Å². The second-order valence-corrected chi connectivity index (χ2v) is 13.1. The Morgan fingerprint density at radius 2 is 1.48 bits per heavy atom. The highest BCUT2D eigenvalue weighted by molar-refractivity contribution is 7.92. The van der Waals surface area contributed by atoms with Gasteiger partial charge in [-0.05, 0) is 74.7 Å². The summed E-state index contributed by atoms with van der Waals surface area (Å²) < 4.78 is 35.1. The first-order valence-corrected chi connectivity index (χ1v) is 17.0. The van der Waals surface area contributed by atoms with E-state index < -0.39 is 28.5 Å². The molecule has 0 spiro atoms. The summed E-state index contributed by atoms with van der Waals surface area (Å²) in [5.74, 6) is -0.238. The molecule has 0 aliphatic carbocycles. The monoisotopic (exact) mass is 641 g/mol. The van der Waals surface area contributed by atoms with E-state index in [0.29, 0.717) is 24.6 Å². The highest BCUT2D eigenvalue weighted by atomic mass is 32.2. The van der Waals surface area contributed by atoms with Crippen LogP contribution in [0.4, 0.5) is 5.69 Å². The largest absolute Gasteiger partial charge is 0.494 e. The van der Waals surface area contributed by atoms with Crippen molar-refractivity contribution in [3.63, 3.8) is 0 Å². The number of carbonyl (C=O) groups is 2. The summed E-state index contributed by atoms with van der Waals surface area (Å²) in [6, 6.07) is 29.6. The summed E-state index contributed by atoms with van der Waals surface area (Å²) in [6.45, 7) is 8.22. The average Bonchev–Trinajstić information content (AvgIpc) is 3.05. The first-order chi connectivity index (χ1) is 22.1. The van der Waals surface area contributed by atoms with Crippen LogP contribution in [0.5, 0.6) is 5.75 Å². The number of ether oxygens (including phenoxy) is 1. The molecule has 8 nitrogen and oxygen atoms in total. The van der Waals surface area contributed by atoms with Crippen LogP contribution in [0.25, 0.3) is 0 Å². The first kappa shape index (κ1) is 34.2. The minimum atomic E-state index is -4.20. The molecule has 0 heterocycles. The SMILES string of the molecule is CCCNC(=O)[C@H](Cc1ccccc1)N(Cc1cccc(C)c1)C(=O)CN(c1ccc(C)cc1)S(=O)(=O)c1ccc(OCC)cc1. The van der Waals surface area contributed by atoms with Crippen molar-refractivity contribution < 1.29 is 22.7 Å². The van der Waals surface area contributed by atoms with Gasteiger partial charge in [-0.15, -0.1) is 0 Å². The van der Waals surface area contributed by atoms with Gasteiger partial charge >= 0.3 is 0 Å². The molecule has 0 unspecified atom stereocenters. The second-order valence-electron chi connectivity index (χ2n) is 11.3. The molecule has 242 valence electrons. The van der Waals surface area contributed by atoms with E-state index in [1.165, 1.54) is 17.0 Å². The van der Waals surface area contributed by atoms with Gasteiger partial charge in [0.25, 0.3) is 10.0 Å². The van der Waals surface area contributed by atoms with E-state index in [9.17, 15) is 18.0 Å². The molecule has 0 fully saturated rings. The molecular formula is C37H43N3O5S. The number of anilines is 1. The predicted molar refractivity (Wildman–Crippen MR) is 182 cm³/mol. The van der Waals surface area contributed by atoms with Crippen LogP contribution in [0, 0.1) is 13.8 Å². The maximum absolute atomic E-state index is 14.5. The fourth-order valence-corrected chi connectivity index (χ4v) is 6.58. The maximum Gasteiger partial charge on any atom is 0.264 e. The van der Waals surface area contributed by atoms with Crippen LogP contribution in [0.3, 0.4) is 0 Å². The average molecular weight is 642 g/mol. The van der Waals surface area contributed by atoms with E-state index in [-0.39, 0.29) is 23.8 Å². The molecular weight excluding hydrogens is 598 g/mol. The molecule has 4 rings (SSSR count). The number of aryl methyl sites for hydroxylation is 2. The number of amides is 2. The number of benzene rings is 4. The quantitative estimate of drug-likeness (QED) is 0.170. The van der Waals surface area contributed by atoms with Crippen molar-refractivity contribution in [1.29, 1.82) is 0 Å². The van der Waals surface area contributed by atoms with Crippen LogP contribution < -0.4 is 14.4 Å². The zero-order valence-electron chi connectivity index (χ0n) is 27.0. The molecule has 4 aromatic rings. The second kappa shape index (κ2) is 16.1. The van der Waals surface area contributed by atoms with Gasteiger partial charge in [-0.3, -0.25) is 13.9 Å². The number of hydrogen-bond acceptors (Lipinski definition) is 5. The van der Waals surface area contributed by atoms with Crippen molar-refractivity contribution in [2.24, 2.45) is 0 Å². The van der Waals surface area contributed by atoms with Crippen LogP contribution >= 0.6 is 0 Å². The van der Waals surface area contributed by atoms with E-state index in [4.69, 9.17) is 4.74 Å². The Morgan fingerprint density at radius 3 is 2.11 bits per heavy atom. The van der Waals surface area contributed by atoms with Gasteiger partial charge in [-0.1, -0.05) is 84.8 Å². The Hall–Kier alpha value is -4.63. The minimum absolute atomic E-state index is 0.0242. The van der Waals surface area contributed by atoms with Crippen LogP contribution in [0.1, 0.15) is 42.5 Å². The lowest BCUT2D eigenvalue weighted by Gasteiger charge is -2.34. The summed E-state index contributed by atoms with van der Waals surface area (Å²) >= 11 is 0. The third kappa shape index (κ3) is 8.97. The lowest BCUT2D eigenvalue weighted by molar-refractivity contribution is -0.140. The highest BCUT2D eigenvalue weighted by Crippen LogP contribution is 2.27. The zero-order valence-corrected chi connectivity index (χ0v) is 27.8. The molecule has 2 amide bonds. The van der Waals surface area contributed by atoms with E-state index in [1.807, 2.05) is 82.3 Å². The molecule has 0 aliphatic heterocycles. The molecule has 0 bridgehead atoms. The molecule has 0 aliphatic rings. The molecule has 0 saturated heterocycles. The number of rotatable bonds is 15. The van der Waals surface area contributed by atoms with Crippen LogP contribution in [0.2, 0.25) is 0 Å². The topological polar surface area (TPSA) is 96.0 Å². The normalized spacial score (nSPS) is 11.8. The summed E-state index contributed by atoms with van der Waals surface area (Å²) in [4.78, 5) is 29.8. The molecule has 1 atom stereocenters. The molecule has 0 radical (unpaired) electrons. The van der Waals surface area contributed by atoms with E-state index in [2.05, 4.69) is 5.32 Å². The predicted octanol–water partition coefficient (Wildman–Crippen LogP) is 6.06. The van der Waals surface area contributed by atoms with E-state index >= 15 is 0 Å². The van der Waals surface area contributed by atoms with Crippen LogP contribution in [-0.2, 0) is 32.6 Å². The van der Waals surface area contributed by atoms with Gasteiger partial charge in [0.15, 0.2) is 0 Å². The van der Waals surface area contributed by atoms with Crippen molar-refractivity contribution in [2.75, 3.05) is 24.0 Å². The smallest absolute Gasteiger partial charge is 0.264 e. The maximum atomic E-state index is 14.5. The molecule has 0 aromatic heterocycles. The van der Waals surface area contributed by atoms with Crippen LogP contribution in [-0.4, -0.2) is 50.9 Å². The number of sulfonamides is 1. The Bertz CT molecular complexity index is 1690. The summed E-state index contributed by atoms with van der Waals surface area (Å²) in [6.07, 6.45) is 1.00. The Balaban J connectivity index is 1.78. The lowest BCUT2D eigenvalue weighted by Crippen LogP contribution is -2.53. The fraction of sp³-hybridized carbons (Fsp3) is 0.297. The van der Waals surface area contributed by atoms with Gasteiger partial charge < -0.3 is 15.0 Å². The number of nitrogens with zero attached hydrogens (tertiary/aromatic N) is 2. The third-order valence-corrected chi connectivity index (χ3v) is 9.37. The zero-order chi connectivity index (χ0) is 33.1. The van der Waals surface area contributed by atoms with Crippen molar-refractivity contribution in [1.82, 2.24) is 10.2 Å². The standard InChI is InChI=1S/C37H43N3O5S/c1-5-23-38-37(42)35(25-30-12-8-7-9-13-30)39(26-31-14-10-11-29(4)24-31)36(41)27-40(32-17-15-28(3)16-18-32)46(43,44)34-21-19-33(20-22-34)45-6-2/h7-22,24,35H,5-6,23,25-27H2,1-4H3,(H,38,42)/t35-/m0/s1. The van der Waals surface area contributed by atoms with Crippen molar-refractivity contribution >= 4 is 27.5 Å². The van der Waals surface area contributed by atoms with Gasteiger partial charge in [-0.25, -0.2) is 8.42 Å².